The third kappa shape index (κ3) is 2.09. The highest BCUT2D eigenvalue weighted by atomic mass is 19.1. The van der Waals surface area contributed by atoms with E-state index in [0.29, 0.717) is 5.56 Å². The number of benzene rings is 1. The van der Waals surface area contributed by atoms with Crippen molar-refractivity contribution >= 4 is 5.69 Å². The van der Waals surface area contributed by atoms with Gasteiger partial charge in [0.2, 0.25) is 0 Å². The van der Waals surface area contributed by atoms with Gasteiger partial charge in [-0.2, -0.15) is 0 Å². The maximum Gasteiger partial charge on any atom is 0.131 e. The van der Waals surface area contributed by atoms with Gasteiger partial charge in [0, 0.05) is 24.3 Å². The standard InChI is InChI=1S/C13H16FNO/c1-10(16)13-11(14)6-5-7-12(13)15-8-3-2-4-9-15/h2-3,5-7,10,16H,4,8-9H2,1H3/t10-/m1/s1. The summed E-state index contributed by atoms with van der Waals surface area (Å²) in [4.78, 5) is 2.09. The molecule has 16 heavy (non-hydrogen) atoms. The van der Waals surface area contributed by atoms with E-state index >= 15 is 0 Å². The second-order valence-corrected chi connectivity index (χ2v) is 4.05. The minimum absolute atomic E-state index is 0.331. The van der Waals surface area contributed by atoms with E-state index in [1.807, 2.05) is 6.07 Å². The van der Waals surface area contributed by atoms with Gasteiger partial charge in [0.05, 0.1) is 6.10 Å². The van der Waals surface area contributed by atoms with Crippen molar-refractivity contribution in [1.82, 2.24) is 0 Å². The molecule has 0 fully saturated rings. The van der Waals surface area contributed by atoms with Gasteiger partial charge in [-0.3, -0.25) is 0 Å². The quantitative estimate of drug-likeness (QED) is 0.776. The van der Waals surface area contributed by atoms with Crippen molar-refractivity contribution < 1.29 is 9.50 Å². The Kier molecular flexibility index (Phi) is 3.25. The molecule has 1 aliphatic rings. The van der Waals surface area contributed by atoms with Crippen LogP contribution in [0.2, 0.25) is 0 Å². The van der Waals surface area contributed by atoms with Crippen LogP contribution in [0.5, 0.6) is 0 Å². The lowest BCUT2D eigenvalue weighted by Crippen LogP contribution is -2.28. The van der Waals surface area contributed by atoms with Gasteiger partial charge in [0.25, 0.3) is 0 Å². The minimum atomic E-state index is -0.776. The average molecular weight is 221 g/mol. The van der Waals surface area contributed by atoms with Gasteiger partial charge in [-0.25, -0.2) is 4.39 Å². The molecule has 0 unspecified atom stereocenters. The predicted molar refractivity (Wildman–Crippen MR) is 63.0 cm³/mol. The molecular weight excluding hydrogens is 205 g/mol. The number of hydrogen-bond donors (Lipinski definition) is 1. The molecular formula is C13H16FNO. The van der Waals surface area contributed by atoms with Crippen LogP contribution in [0.3, 0.4) is 0 Å². The maximum atomic E-state index is 13.7. The molecule has 0 spiro atoms. The Hall–Kier alpha value is -1.35. The molecule has 1 N–H and O–H groups in total. The number of halogens is 1. The number of aliphatic hydroxyl groups is 1. The SMILES string of the molecule is C[C@@H](O)c1c(F)cccc1N1CC=CCC1. The maximum absolute atomic E-state index is 13.7. The zero-order valence-corrected chi connectivity index (χ0v) is 9.36. The summed E-state index contributed by atoms with van der Waals surface area (Å²) in [5, 5.41) is 9.63. The van der Waals surface area contributed by atoms with Gasteiger partial charge >= 0.3 is 0 Å². The van der Waals surface area contributed by atoms with E-state index in [1.54, 1.807) is 13.0 Å². The van der Waals surface area contributed by atoms with Crippen molar-refractivity contribution in [3.63, 3.8) is 0 Å². The van der Waals surface area contributed by atoms with E-state index in [1.165, 1.54) is 6.07 Å². The van der Waals surface area contributed by atoms with Crippen LogP contribution >= 0.6 is 0 Å². The second kappa shape index (κ2) is 4.66. The lowest BCUT2D eigenvalue weighted by atomic mass is 10.1. The molecule has 0 saturated carbocycles. The molecule has 2 rings (SSSR count). The van der Waals surface area contributed by atoms with Crippen molar-refractivity contribution in [3.8, 4) is 0 Å². The normalized spacial score (nSPS) is 17.6. The van der Waals surface area contributed by atoms with Crippen molar-refractivity contribution in [2.75, 3.05) is 18.0 Å². The van der Waals surface area contributed by atoms with E-state index in [-0.39, 0.29) is 5.82 Å². The molecule has 3 heteroatoms. The Morgan fingerprint density at radius 2 is 2.19 bits per heavy atom. The zero-order chi connectivity index (χ0) is 11.5. The van der Waals surface area contributed by atoms with Crippen LogP contribution in [0.25, 0.3) is 0 Å². The lowest BCUT2D eigenvalue weighted by Gasteiger charge is -2.28. The Labute approximate surface area is 95.0 Å². The second-order valence-electron chi connectivity index (χ2n) is 4.05. The predicted octanol–water partition coefficient (Wildman–Crippen LogP) is 2.65. The monoisotopic (exact) mass is 221 g/mol. The molecule has 1 aromatic carbocycles. The largest absolute Gasteiger partial charge is 0.389 e. The first-order valence-electron chi connectivity index (χ1n) is 5.56. The van der Waals surface area contributed by atoms with Crippen LogP contribution < -0.4 is 4.90 Å². The molecule has 1 heterocycles. The van der Waals surface area contributed by atoms with Crippen LogP contribution in [0, 0.1) is 5.82 Å². The third-order valence-corrected chi connectivity index (χ3v) is 2.85. The van der Waals surface area contributed by atoms with Crippen LogP contribution in [0.4, 0.5) is 10.1 Å². The van der Waals surface area contributed by atoms with Crippen molar-refractivity contribution in [2.45, 2.75) is 19.4 Å². The van der Waals surface area contributed by atoms with Crippen LogP contribution in [-0.2, 0) is 0 Å². The fraction of sp³-hybridized carbons (Fsp3) is 0.385. The molecule has 1 atom stereocenters. The molecule has 0 aromatic heterocycles. The van der Waals surface area contributed by atoms with Crippen LogP contribution in [0.1, 0.15) is 25.0 Å². The first-order chi connectivity index (χ1) is 7.70. The molecule has 0 aliphatic carbocycles. The Morgan fingerprint density at radius 1 is 1.38 bits per heavy atom. The number of rotatable bonds is 2. The Morgan fingerprint density at radius 3 is 2.81 bits per heavy atom. The molecule has 1 aliphatic heterocycles. The Balaban J connectivity index is 2.39. The number of aliphatic hydroxyl groups excluding tert-OH is 1. The molecule has 0 bridgehead atoms. The highest BCUT2D eigenvalue weighted by molar-refractivity contribution is 5.56. The summed E-state index contributed by atoms with van der Waals surface area (Å²) in [6.07, 6.45) is 4.38. The average Bonchev–Trinajstić information content (AvgIpc) is 2.29. The first-order valence-corrected chi connectivity index (χ1v) is 5.56. The van der Waals surface area contributed by atoms with Gasteiger partial charge < -0.3 is 10.0 Å². The highest BCUT2D eigenvalue weighted by Gasteiger charge is 2.18. The van der Waals surface area contributed by atoms with E-state index in [9.17, 15) is 9.50 Å². The highest BCUT2D eigenvalue weighted by Crippen LogP contribution is 2.29. The molecule has 2 nitrogen and oxygen atoms in total. The Bertz CT molecular complexity index is 401. The van der Waals surface area contributed by atoms with Crippen molar-refractivity contribution in [3.05, 3.63) is 41.7 Å². The summed E-state index contributed by atoms with van der Waals surface area (Å²) >= 11 is 0. The van der Waals surface area contributed by atoms with Gasteiger partial charge in [-0.1, -0.05) is 18.2 Å². The van der Waals surface area contributed by atoms with Gasteiger partial charge in [-0.15, -0.1) is 0 Å². The summed E-state index contributed by atoms with van der Waals surface area (Å²) in [5.74, 6) is -0.331. The van der Waals surface area contributed by atoms with E-state index in [0.717, 1.165) is 25.2 Å². The summed E-state index contributed by atoms with van der Waals surface area (Å²) in [6.45, 7) is 3.25. The fourth-order valence-electron chi connectivity index (χ4n) is 2.08. The van der Waals surface area contributed by atoms with Gasteiger partial charge in [0.15, 0.2) is 0 Å². The summed E-state index contributed by atoms with van der Waals surface area (Å²) in [5.41, 5.74) is 1.21. The number of hydrogen-bond acceptors (Lipinski definition) is 2. The van der Waals surface area contributed by atoms with E-state index < -0.39 is 6.10 Å². The van der Waals surface area contributed by atoms with Crippen LogP contribution in [0.15, 0.2) is 30.4 Å². The molecule has 1 aromatic rings. The van der Waals surface area contributed by atoms with Crippen molar-refractivity contribution in [2.24, 2.45) is 0 Å². The number of nitrogens with zero attached hydrogens (tertiary/aromatic N) is 1. The van der Waals surface area contributed by atoms with Gasteiger partial charge in [0.1, 0.15) is 5.82 Å². The van der Waals surface area contributed by atoms with E-state index in [4.69, 9.17) is 0 Å². The first kappa shape index (κ1) is 11.1. The van der Waals surface area contributed by atoms with Crippen LogP contribution in [-0.4, -0.2) is 18.2 Å². The molecule has 0 radical (unpaired) electrons. The molecule has 86 valence electrons. The third-order valence-electron chi connectivity index (χ3n) is 2.85. The van der Waals surface area contributed by atoms with Crippen molar-refractivity contribution in [1.29, 1.82) is 0 Å². The smallest absolute Gasteiger partial charge is 0.131 e. The van der Waals surface area contributed by atoms with Gasteiger partial charge in [-0.05, 0) is 25.5 Å². The number of anilines is 1. The zero-order valence-electron chi connectivity index (χ0n) is 9.36. The lowest BCUT2D eigenvalue weighted by molar-refractivity contribution is 0.194. The van der Waals surface area contributed by atoms with E-state index in [2.05, 4.69) is 17.1 Å². The summed E-state index contributed by atoms with van der Waals surface area (Å²) in [6, 6.07) is 4.95. The molecule has 0 amide bonds. The molecule has 0 saturated heterocycles. The summed E-state index contributed by atoms with van der Waals surface area (Å²) in [7, 11) is 0. The topological polar surface area (TPSA) is 23.5 Å². The minimum Gasteiger partial charge on any atom is -0.389 e. The summed E-state index contributed by atoms with van der Waals surface area (Å²) < 4.78 is 13.7. The fourth-order valence-corrected chi connectivity index (χ4v) is 2.08.